The quantitative estimate of drug-likeness (QED) is 0.744. The summed E-state index contributed by atoms with van der Waals surface area (Å²) in [6, 6.07) is 9.70. The van der Waals surface area contributed by atoms with Gasteiger partial charge >= 0.3 is 0 Å². The first-order valence-corrected chi connectivity index (χ1v) is 6.66. The predicted molar refractivity (Wildman–Crippen MR) is 69.5 cm³/mol. The van der Waals surface area contributed by atoms with E-state index in [9.17, 15) is 0 Å². The molecule has 1 aliphatic rings. The van der Waals surface area contributed by atoms with Gasteiger partial charge in [-0.25, -0.2) is 0 Å². The summed E-state index contributed by atoms with van der Waals surface area (Å²) in [4.78, 5) is 2.67. The molecule has 1 nitrogen and oxygen atoms in total. The van der Waals surface area contributed by atoms with Gasteiger partial charge in [0.25, 0.3) is 0 Å². The van der Waals surface area contributed by atoms with Gasteiger partial charge < -0.3 is 0 Å². The Morgan fingerprint density at radius 2 is 1.94 bits per heavy atom. The summed E-state index contributed by atoms with van der Waals surface area (Å²) in [5.41, 5.74) is 3.11. The molecule has 1 heterocycles. The van der Waals surface area contributed by atoms with Crippen LogP contribution >= 0.6 is 0 Å². The fourth-order valence-corrected chi connectivity index (χ4v) is 2.81. The number of nitrogens with zero attached hydrogens (tertiary/aromatic N) is 1. The maximum atomic E-state index is 2.67. The Balaban J connectivity index is 2.06. The number of fused-ring (bicyclic) bond motifs is 1. The van der Waals surface area contributed by atoms with Crippen LogP contribution in [0.5, 0.6) is 0 Å². The van der Waals surface area contributed by atoms with E-state index in [0.29, 0.717) is 0 Å². The molecule has 88 valence electrons. The van der Waals surface area contributed by atoms with Crippen molar-refractivity contribution in [3.63, 3.8) is 0 Å². The number of hydrogen-bond donors (Lipinski definition) is 0. The van der Waals surface area contributed by atoms with Crippen LogP contribution in [0, 0.1) is 0 Å². The minimum Gasteiger partial charge on any atom is -0.296 e. The first-order chi connectivity index (χ1) is 7.85. The molecule has 1 aliphatic heterocycles. The van der Waals surface area contributed by atoms with E-state index >= 15 is 0 Å². The van der Waals surface area contributed by atoms with E-state index in [0.717, 1.165) is 12.6 Å². The van der Waals surface area contributed by atoms with Crippen LogP contribution < -0.4 is 0 Å². The fraction of sp³-hybridized carbons (Fsp3) is 0.600. The van der Waals surface area contributed by atoms with Gasteiger partial charge in [0.1, 0.15) is 0 Å². The SMILES string of the molecule is CCCC(CC)N1CCc2ccccc2C1. The average Bonchev–Trinajstić information content (AvgIpc) is 2.35. The molecule has 1 atom stereocenters. The Kier molecular flexibility index (Phi) is 4.00. The van der Waals surface area contributed by atoms with Crippen molar-refractivity contribution in [3.8, 4) is 0 Å². The van der Waals surface area contributed by atoms with Gasteiger partial charge in [0, 0.05) is 19.1 Å². The van der Waals surface area contributed by atoms with Crippen molar-refractivity contribution in [3.05, 3.63) is 35.4 Å². The van der Waals surface area contributed by atoms with Crippen molar-refractivity contribution in [2.45, 2.75) is 52.1 Å². The van der Waals surface area contributed by atoms with Crippen molar-refractivity contribution in [1.29, 1.82) is 0 Å². The summed E-state index contributed by atoms with van der Waals surface area (Å²) >= 11 is 0. The molecule has 0 saturated carbocycles. The Labute approximate surface area is 99.5 Å². The predicted octanol–water partition coefficient (Wildman–Crippen LogP) is 3.62. The maximum Gasteiger partial charge on any atom is 0.0239 e. The molecule has 2 rings (SSSR count). The van der Waals surface area contributed by atoms with E-state index in [-0.39, 0.29) is 0 Å². The molecular weight excluding hydrogens is 194 g/mol. The average molecular weight is 217 g/mol. The van der Waals surface area contributed by atoms with Crippen LogP contribution in [-0.4, -0.2) is 17.5 Å². The van der Waals surface area contributed by atoms with Crippen molar-refractivity contribution in [2.75, 3.05) is 6.54 Å². The molecule has 0 fully saturated rings. The number of hydrogen-bond acceptors (Lipinski definition) is 1. The Morgan fingerprint density at radius 3 is 2.62 bits per heavy atom. The highest BCUT2D eigenvalue weighted by molar-refractivity contribution is 5.29. The molecule has 16 heavy (non-hydrogen) atoms. The van der Waals surface area contributed by atoms with Gasteiger partial charge in [0.05, 0.1) is 0 Å². The van der Waals surface area contributed by atoms with Crippen LogP contribution in [0.1, 0.15) is 44.2 Å². The summed E-state index contributed by atoms with van der Waals surface area (Å²) < 4.78 is 0. The molecule has 1 aromatic rings. The van der Waals surface area contributed by atoms with Crippen LogP contribution in [0.2, 0.25) is 0 Å². The van der Waals surface area contributed by atoms with Crippen LogP contribution in [-0.2, 0) is 13.0 Å². The lowest BCUT2D eigenvalue weighted by molar-refractivity contribution is 0.164. The van der Waals surface area contributed by atoms with Gasteiger partial charge in [-0.1, -0.05) is 44.5 Å². The van der Waals surface area contributed by atoms with E-state index in [2.05, 4.69) is 43.0 Å². The zero-order valence-electron chi connectivity index (χ0n) is 10.6. The summed E-state index contributed by atoms with van der Waals surface area (Å²) in [7, 11) is 0. The largest absolute Gasteiger partial charge is 0.296 e. The second-order valence-electron chi connectivity index (χ2n) is 4.84. The van der Waals surface area contributed by atoms with Crippen molar-refractivity contribution < 1.29 is 0 Å². The normalized spacial score (nSPS) is 18.1. The molecule has 0 radical (unpaired) electrons. The summed E-state index contributed by atoms with van der Waals surface area (Å²) in [5.74, 6) is 0. The molecule has 0 bridgehead atoms. The molecule has 1 heteroatoms. The third-order valence-electron chi connectivity index (χ3n) is 3.77. The Morgan fingerprint density at radius 1 is 1.19 bits per heavy atom. The van der Waals surface area contributed by atoms with Crippen molar-refractivity contribution >= 4 is 0 Å². The fourth-order valence-electron chi connectivity index (χ4n) is 2.81. The molecule has 0 aromatic heterocycles. The van der Waals surface area contributed by atoms with E-state index in [1.54, 1.807) is 11.1 Å². The van der Waals surface area contributed by atoms with E-state index in [1.165, 1.54) is 32.2 Å². The summed E-state index contributed by atoms with van der Waals surface area (Å²) in [5, 5.41) is 0. The van der Waals surface area contributed by atoms with Gasteiger partial charge in [-0.15, -0.1) is 0 Å². The van der Waals surface area contributed by atoms with E-state index in [1.807, 2.05) is 0 Å². The lowest BCUT2D eigenvalue weighted by Crippen LogP contribution is -2.38. The van der Waals surface area contributed by atoms with Gasteiger partial charge in [0.15, 0.2) is 0 Å². The van der Waals surface area contributed by atoms with E-state index in [4.69, 9.17) is 0 Å². The lowest BCUT2D eigenvalue weighted by Gasteiger charge is -2.35. The molecular formula is C15H23N. The molecule has 1 aromatic carbocycles. The van der Waals surface area contributed by atoms with Crippen LogP contribution in [0.15, 0.2) is 24.3 Å². The van der Waals surface area contributed by atoms with Gasteiger partial charge in [-0.2, -0.15) is 0 Å². The molecule has 1 unspecified atom stereocenters. The maximum absolute atomic E-state index is 2.67. The summed E-state index contributed by atoms with van der Waals surface area (Å²) in [6.45, 7) is 7.02. The highest BCUT2D eigenvalue weighted by atomic mass is 15.2. The van der Waals surface area contributed by atoms with E-state index < -0.39 is 0 Å². The number of rotatable bonds is 4. The van der Waals surface area contributed by atoms with Crippen molar-refractivity contribution in [1.82, 2.24) is 4.90 Å². The van der Waals surface area contributed by atoms with Crippen LogP contribution in [0.4, 0.5) is 0 Å². The zero-order chi connectivity index (χ0) is 11.4. The third kappa shape index (κ3) is 2.46. The molecule has 0 aliphatic carbocycles. The van der Waals surface area contributed by atoms with Crippen molar-refractivity contribution in [2.24, 2.45) is 0 Å². The minimum absolute atomic E-state index is 0.790. The van der Waals surface area contributed by atoms with Crippen LogP contribution in [0.3, 0.4) is 0 Å². The molecule has 0 amide bonds. The third-order valence-corrected chi connectivity index (χ3v) is 3.77. The Hall–Kier alpha value is -0.820. The topological polar surface area (TPSA) is 3.24 Å². The standard InChI is InChI=1S/C15H23N/c1-3-7-15(4-2)16-11-10-13-8-5-6-9-14(13)12-16/h5-6,8-9,15H,3-4,7,10-12H2,1-2H3. The van der Waals surface area contributed by atoms with Crippen LogP contribution in [0.25, 0.3) is 0 Å². The smallest absolute Gasteiger partial charge is 0.0239 e. The lowest BCUT2D eigenvalue weighted by atomic mass is 9.97. The molecule has 0 saturated heterocycles. The highest BCUT2D eigenvalue weighted by Gasteiger charge is 2.21. The first kappa shape index (κ1) is 11.7. The van der Waals surface area contributed by atoms with Gasteiger partial charge in [-0.05, 0) is 30.4 Å². The second-order valence-corrected chi connectivity index (χ2v) is 4.84. The second kappa shape index (κ2) is 5.49. The molecule has 0 N–H and O–H groups in total. The molecule has 0 spiro atoms. The van der Waals surface area contributed by atoms with Gasteiger partial charge in [0.2, 0.25) is 0 Å². The minimum atomic E-state index is 0.790. The summed E-state index contributed by atoms with van der Waals surface area (Å²) in [6.07, 6.45) is 5.17. The van der Waals surface area contributed by atoms with Gasteiger partial charge in [-0.3, -0.25) is 4.90 Å². The zero-order valence-corrected chi connectivity index (χ0v) is 10.6. The monoisotopic (exact) mass is 217 g/mol. The highest BCUT2D eigenvalue weighted by Crippen LogP contribution is 2.22. The Bertz CT molecular complexity index is 332. The first-order valence-electron chi connectivity index (χ1n) is 6.66. The number of benzene rings is 1.